The van der Waals surface area contributed by atoms with Gasteiger partial charge in [-0.3, -0.25) is 9.69 Å². The van der Waals surface area contributed by atoms with E-state index in [1.807, 2.05) is 31.2 Å². The first kappa shape index (κ1) is 16.0. The van der Waals surface area contributed by atoms with Crippen LogP contribution in [0.1, 0.15) is 49.9 Å². The SMILES string of the molecule is CCOc1ccccc1C(=O)CN(C)C1CCCC(C)C1. The average Bonchev–Trinajstić information content (AvgIpc) is 2.48. The summed E-state index contributed by atoms with van der Waals surface area (Å²) in [6, 6.07) is 8.09. The Hall–Kier alpha value is -1.35. The standard InChI is InChI=1S/C18H27NO2/c1-4-21-18-11-6-5-10-16(18)17(20)13-19(3)15-9-7-8-14(2)12-15/h5-6,10-11,14-15H,4,7-9,12-13H2,1-3H3. The maximum Gasteiger partial charge on any atom is 0.180 e. The fourth-order valence-corrected chi connectivity index (χ4v) is 3.22. The number of hydrogen-bond donors (Lipinski definition) is 0. The lowest BCUT2D eigenvalue weighted by molar-refractivity contribution is 0.0879. The molecule has 1 aliphatic rings. The Morgan fingerprint density at radius 1 is 1.33 bits per heavy atom. The molecule has 2 rings (SSSR count). The molecule has 1 aliphatic carbocycles. The lowest BCUT2D eigenvalue weighted by atomic mass is 9.86. The number of Topliss-reactive ketones (excluding diaryl/α,β-unsaturated/α-hetero) is 1. The maximum atomic E-state index is 12.6. The number of ketones is 1. The number of ether oxygens (including phenoxy) is 1. The molecule has 21 heavy (non-hydrogen) atoms. The molecule has 1 fully saturated rings. The van der Waals surface area contributed by atoms with Gasteiger partial charge in [-0.25, -0.2) is 0 Å². The molecular formula is C18H27NO2. The number of para-hydroxylation sites is 1. The number of hydrogen-bond acceptors (Lipinski definition) is 3. The maximum absolute atomic E-state index is 12.6. The van der Waals surface area contributed by atoms with Gasteiger partial charge in [-0.05, 0) is 44.9 Å². The minimum absolute atomic E-state index is 0.153. The van der Waals surface area contributed by atoms with E-state index in [9.17, 15) is 4.79 Å². The van der Waals surface area contributed by atoms with Crippen molar-refractivity contribution in [1.82, 2.24) is 4.90 Å². The number of carbonyl (C=O) groups excluding carboxylic acids is 1. The Morgan fingerprint density at radius 3 is 2.81 bits per heavy atom. The van der Waals surface area contributed by atoms with Gasteiger partial charge in [0.2, 0.25) is 0 Å². The number of benzene rings is 1. The van der Waals surface area contributed by atoms with E-state index in [0.717, 1.165) is 5.92 Å². The molecule has 0 aromatic heterocycles. The second kappa shape index (κ2) is 7.60. The molecule has 0 aliphatic heterocycles. The number of nitrogens with zero attached hydrogens (tertiary/aromatic N) is 1. The second-order valence-electron chi connectivity index (χ2n) is 6.19. The largest absolute Gasteiger partial charge is 0.493 e. The van der Waals surface area contributed by atoms with Crippen LogP contribution in [0.15, 0.2) is 24.3 Å². The van der Waals surface area contributed by atoms with E-state index in [1.165, 1.54) is 25.7 Å². The zero-order chi connectivity index (χ0) is 15.2. The van der Waals surface area contributed by atoms with Gasteiger partial charge < -0.3 is 4.74 Å². The highest BCUT2D eigenvalue weighted by Gasteiger charge is 2.24. The van der Waals surface area contributed by atoms with Crippen molar-refractivity contribution in [3.63, 3.8) is 0 Å². The molecule has 1 aromatic carbocycles. The van der Waals surface area contributed by atoms with Gasteiger partial charge >= 0.3 is 0 Å². The summed E-state index contributed by atoms with van der Waals surface area (Å²) in [5, 5.41) is 0. The Balaban J connectivity index is 2.00. The first-order valence-corrected chi connectivity index (χ1v) is 8.07. The molecule has 0 heterocycles. The Morgan fingerprint density at radius 2 is 2.10 bits per heavy atom. The summed E-state index contributed by atoms with van der Waals surface area (Å²) in [4.78, 5) is 14.8. The molecule has 0 amide bonds. The van der Waals surface area contributed by atoms with Gasteiger partial charge in [0.05, 0.1) is 18.7 Å². The van der Waals surface area contributed by atoms with Gasteiger partial charge in [0, 0.05) is 6.04 Å². The monoisotopic (exact) mass is 289 g/mol. The van der Waals surface area contributed by atoms with Crippen LogP contribution < -0.4 is 4.74 Å². The Kier molecular flexibility index (Phi) is 5.80. The normalized spacial score (nSPS) is 22.3. The first-order valence-electron chi connectivity index (χ1n) is 8.07. The molecule has 2 atom stereocenters. The van der Waals surface area contributed by atoms with Crippen molar-refractivity contribution >= 4 is 5.78 Å². The first-order chi connectivity index (χ1) is 10.1. The van der Waals surface area contributed by atoms with Gasteiger partial charge in [-0.2, -0.15) is 0 Å². The number of rotatable bonds is 6. The van der Waals surface area contributed by atoms with Gasteiger partial charge in [-0.15, -0.1) is 0 Å². The van der Waals surface area contributed by atoms with Gasteiger partial charge in [0.1, 0.15) is 5.75 Å². The molecule has 3 nitrogen and oxygen atoms in total. The molecule has 0 radical (unpaired) electrons. The quantitative estimate of drug-likeness (QED) is 0.746. The van der Waals surface area contributed by atoms with Crippen molar-refractivity contribution in [2.75, 3.05) is 20.2 Å². The van der Waals surface area contributed by atoms with Crippen molar-refractivity contribution in [3.05, 3.63) is 29.8 Å². The average molecular weight is 289 g/mol. The molecule has 3 heteroatoms. The summed E-state index contributed by atoms with van der Waals surface area (Å²) in [5.41, 5.74) is 0.704. The summed E-state index contributed by atoms with van der Waals surface area (Å²) >= 11 is 0. The third-order valence-corrected chi connectivity index (χ3v) is 4.41. The van der Waals surface area contributed by atoms with E-state index in [-0.39, 0.29) is 5.78 Å². The summed E-state index contributed by atoms with van der Waals surface area (Å²) < 4.78 is 5.56. The van der Waals surface area contributed by atoms with Crippen LogP contribution in [0.4, 0.5) is 0 Å². The fraction of sp³-hybridized carbons (Fsp3) is 0.611. The van der Waals surface area contributed by atoms with Crippen LogP contribution in [0.2, 0.25) is 0 Å². The molecule has 0 N–H and O–H groups in total. The van der Waals surface area contributed by atoms with Gasteiger partial charge in [-0.1, -0.05) is 31.9 Å². The zero-order valence-corrected chi connectivity index (χ0v) is 13.5. The minimum atomic E-state index is 0.153. The summed E-state index contributed by atoms with van der Waals surface area (Å²) in [7, 11) is 2.07. The van der Waals surface area contributed by atoms with Crippen LogP contribution in [0.5, 0.6) is 5.75 Å². The van der Waals surface area contributed by atoms with Crippen LogP contribution in [0.25, 0.3) is 0 Å². The Labute approximate surface area is 128 Å². The molecule has 1 aromatic rings. The van der Waals surface area contributed by atoms with Crippen LogP contribution in [-0.2, 0) is 0 Å². The van der Waals surface area contributed by atoms with E-state index in [4.69, 9.17) is 4.74 Å². The van der Waals surface area contributed by atoms with Crippen LogP contribution >= 0.6 is 0 Å². The third-order valence-electron chi connectivity index (χ3n) is 4.41. The molecule has 116 valence electrons. The topological polar surface area (TPSA) is 29.5 Å². The third kappa shape index (κ3) is 4.31. The van der Waals surface area contributed by atoms with Crippen molar-refractivity contribution in [1.29, 1.82) is 0 Å². The minimum Gasteiger partial charge on any atom is -0.493 e. The van der Waals surface area contributed by atoms with E-state index in [1.54, 1.807) is 0 Å². The highest BCUT2D eigenvalue weighted by atomic mass is 16.5. The fourth-order valence-electron chi connectivity index (χ4n) is 3.22. The van der Waals surface area contributed by atoms with E-state index < -0.39 is 0 Å². The Bertz CT molecular complexity index is 472. The van der Waals surface area contributed by atoms with E-state index >= 15 is 0 Å². The van der Waals surface area contributed by atoms with Crippen LogP contribution in [0.3, 0.4) is 0 Å². The number of likely N-dealkylation sites (N-methyl/N-ethyl adjacent to an activating group) is 1. The van der Waals surface area contributed by atoms with Crippen molar-refractivity contribution in [2.24, 2.45) is 5.92 Å². The van der Waals surface area contributed by atoms with E-state index in [2.05, 4.69) is 18.9 Å². The lowest BCUT2D eigenvalue weighted by Crippen LogP contribution is -2.38. The van der Waals surface area contributed by atoms with Gasteiger partial charge in [0.15, 0.2) is 5.78 Å². The highest BCUT2D eigenvalue weighted by Crippen LogP contribution is 2.27. The van der Waals surface area contributed by atoms with Crippen LogP contribution in [-0.4, -0.2) is 36.9 Å². The number of carbonyl (C=O) groups is 1. The van der Waals surface area contributed by atoms with E-state index in [0.29, 0.717) is 30.5 Å². The predicted molar refractivity (Wildman–Crippen MR) is 86.0 cm³/mol. The van der Waals surface area contributed by atoms with Crippen molar-refractivity contribution in [2.45, 2.75) is 45.6 Å². The summed E-state index contributed by atoms with van der Waals surface area (Å²) in [6.07, 6.45) is 5.02. The highest BCUT2D eigenvalue weighted by molar-refractivity contribution is 6.00. The van der Waals surface area contributed by atoms with Crippen LogP contribution in [0, 0.1) is 5.92 Å². The zero-order valence-electron chi connectivity index (χ0n) is 13.5. The van der Waals surface area contributed by atoms with Crippen molar-refractivity contribution in [3.8, 4) is 5.75 Å². The summed E-state index contributed by atoms with van der Waals surface area (Å²) in [5.74, 6) is 1.63. The molecular weight excluding hydrogens is 262 g/mol. The van der Waals surface area contributed by atoms with Gasteiger partial charge in [0.25, 0.3) is 0 Å². The molecule has 0 bridgehead atoms. The second-order valence-corrected chi connectivity index (χ2v) is 6.19. The molecule has 0 saturated heterocycles. The smallest absolute Gasteiger partial charge is 0.180 e. The molecule has 0 spiro atoms. The molecule has 2 unspecified atom stereocenters. The lowest BCUT2D eigenvalue weighted by Gasteiger charge is -2.33. The molecule has 1 saturated carbocycles. The van der Waals surface area contributed by atoms with Crippen molar-refractivity contribution < 1.29 is 9.53 Å². The summed E-state index contributed by atoms with van der Waals surface area (Å²) in [6.45, 7) is 5.31. The predicted octanol–water partition coefficient (Wildman–Crippen LogP) is 3.78.